The molecule has 0 saturated carbocycles. The van der Waals surface area contributed by atoms with Crippen LogP contribution >= 0.6 is 0 Å². The summed E-state index contributed by atoms with van der Waals surface area (Å²) in [4.78, 5) is 15.2. The number of amides is 1. The Morgan fingerprint density at radius 2 is 1.65 bits per heavy atom. The van der Waals surface area contributed by atoms with Gasteiger partial charge in [0.15, 0.2) is 0 Å². The Morgan fingerprint density at radius 3 is 2.23 bits per heavy atom. The lowest BCUT2D eigenvalue weighted by Gasteiger charge is -2.30. The maximum atomic E-state index is 12.7. The molecule has 1 fully saturated rings. The van der Waals surface area contributed by atoms with Crippen molar-refractivity contribution in [3.8, 4) is 0 Å². The summed E-state index contributed by atoms with van der Waals surface area (Å²) >= 11 is 0. The summed E-state index contributed by atoms with van der Waals surface area (Å²) in [6.07, 6.45) is 0. The average Bonchev–Trinajstić information content (AvgIpc) is 2.82. The van der Waals surface area contributed by atoms with Crippen molar-refractivity contribution in [1.29, 1.82) is 0 Å². The first kappa shape index (κ1) is 23.4. The van der Waals surface area contributed by atoms with Crippen LogP contribution in [0.25, 0.3) is 0 Å². The first-order valence-electron chi connectivity index (χ1n) is 10.7. The molecule has 1 aliphatic rings. The molecular weight excluding hydrogens is 414 g/mol. The van der Waals surface area contributed by atoms with Gasteiger partial charge in [0, 0.05) is 25.2 Å². The van der Waals surface area contributed by atoms with Gasteiger partial charge in [0.25, 0.3) is 5.91 Å². The van der Waals surface area contributed by atoms with Gasteiger partial charge >= 0.3 is 0 Å². The van der Waals surface area contributed by atoms with Gasteiger partial charge in [-0.3, -0.25) is 9.69 Å². The van der Waals surface area contributed by atoms with Crippen molar-refractivity contribution in [2.75, 3.05) is 45.9 Å². The van der Waals surface area contributed by atoms with E-state index in [1.54, 1.807) is 12.1 Å². The number of carbonyl (C=O) groups excluding carboxylic acids is 1. The molecule has 1 saturated heterocycles. The van der Waals surface area contributed by atoms with Crippen LogP contribution in [-0.4, -0.2) is 69.5 Å². The molecule has 2 aromatic carbocycles. The van der Waals surface area contributed by atoms with Crippen molar-refractivity contribution < 1.29 is 17.9 Å². The van der Waals surface area contributed by atoms with Gasteiger partial charge in [-0.1, -0.05) is 44.2 Å². The molecule has 3 rings (SSSR count). The van der Waals surface area contributed by atoms with E-state index >= 15 is 0 Å². The van der Waals surface area contributed by atoms with E-state index in [-0.39, 0.29) is 16.8 Å². The smallest absolute Gasteiger partial charge is 0.251 e. The Morgan fingerprint density at radius 1 is 1.03 bits per heavy atom. The van der Waals surface area contributed by atoms with Crippen molar-refractivity contribution in [3.63, 3.8) is 0 Å². The summed E-state index contributed by atoms with van der Waals surface area (Å²) in [5, 5.41) is 3.01. The molecular formula is C23H31N3O4S. The Kier molecular flexibility index (Phi) is 8.20. The van der Waals surface area contributed by atoms with Crippen LogP contribution in [0, 0.1) is 0 Å². The molecule has 2 aromatic rings. The van der Waals surface area contributed by atoms with Crippen molar-refractivity contribution in [3.05, 3.63) is 65.7 Å². The molecule has 1 aliphatic heterocycles. The predicted molar refractivity (Wildman–Crippen MR) is 120 cm³/mol. The van der Waals surface area contributed by atoms with Crippen molar-refractivity contribution in [1.82, 2.24) is 14.5 Å². The molecule has 168 valence electrons. The largest absolute Gasteiger partial charge is 0.379 e. The van der Waals surface area contributed by atoms with Crippen molar-refractivity contribution >= 4 is 15.9 Å². The predicted octanol–water partition coefficient (Wildman–Crippen LogP) is 2.52. The van der Waals surface area contributed by atoms with Crippen molar-refractivity contribution in [2.45, 2.75) is 24.8 Å². The van der Waals surface area contributed by atoms with Gasteiger partial charge in [-0.15, -0.1) is 0 Å². The molecule has 7 nitrogen and oxygen atoms in total. The fraction of sp³-hybridized carbons (Fsp3) is 0.435. The highest BCUT2D eigenvalue weighted by molar-refractivity contribution is 7.89. The quantitative estimate of drug-likeness (QED) is 0.642. The minimum absolute atomic E-state index is 0.0705. The van der Waals surface area contributed by atoms with Gasteiger partial charge in [0.2, 0.25) is 10.0 Å². The number of morpholine rings is 1. The van der Waals surface area contributed by atoms with Crippen LogP contribution in [0.1, 0.15) is 35.8 Å². The normalized spacial score (nSPS) is 16.2. The zero-order valence-corrected chi connectivity index (χ0v) is 19.0. The van der Waals surface area contributed by atoms with Gasteiger partial charge in [-0.2, -0.15) is 4.31 Å². The summed E-state index contributed by atoms with van der Waals surface area (Å²) in [5.74, 6) is -0.219. The van der Waals surface area contributed by atoms with Crippen LogP contribution in [0.2, 0.25) is 0 Å². The Labute approximate surface area is 185 Å². The van der Waals surface area contributed by atoms with Crippen LogP contribution in [-0.2, 0) is 14.8 Å². The molecule has 1 heterocycles. The summed E-state index contributed by atoms with van der Waals surface area (Å²) in [7, 11) is -3.57. The molecule has 31 heavy (non-hydrogen) atoms. The number of nitrogens with zero attached hydrogens (tertiary/aromatic N) is 2. The summed E-state index contributed by atoms with van der Waals surface area (Å²) in [5.41, 5.74) is 1.59. The average molecular weight is 446 g/mol. The van der Waals surface area contributed by atoms with Crippen LogP contribution in [0.5, 0.6) is 0 Å². The van der Waals surface area contributed by atoms with Gasteiger partial charge in [0.05, 0.1) is 24.2 Å². The third-order valence-corrected chi connectivity index (χ3v) is 7.53. The summed E-state index contributed by atoms with van der Waals surface area (Å²) in [6, 6.07) is 16.3. The highest BCUT2D eigenvalue weighted by Crippen LogP contribution is 2.20. The molecule has 8 heteroatoms. The fourth-order valence-electron chi connectivity index (χ4n) is 3.80. The molecule has 1 atom stereocenters. The lowest BCUT2D eigenvalue weighted by molar-refractivity contribution is 0.0730. The van der Waals surface area contributed by atoms with Gasteiger partial charge in [-0.25, -0.2) is 8.42 Å². The maximum absolute atomic E-state index is 12.7. The van der Waals surface area contributed by atoms with Crippen LogP contribution < -0.4 is 5.32 Å². The molecule has 0 spiro atoms. The molecule has 0 bridgehead atoms. The second kappa shape index (κ2) is 10.9. The zero-order valence-electron chi connectivity index (χ0n) is 18.2. The number of ether oxygens (including phenoxy) is 1. The van der Waals surface area contributed by atoms with Gasteiger partial charge < -0.3 is 10.1 Å². The highest BCUT2D eigenvalue weighted by Gasteiger charge is 2.26. The second-order valence-corrected chi connectivity index (χ2v) is 9.34. The van der Waals surface area contributed by atoms with Crippen LogP contribution in [0.3, 0.4) is 0 Å². The maximum Gasteiger partial charge on any atom is 0.251 e. The SMILES string of the molecule is CCN(CC)C(CNC(=O)c1ccc(S(=O)(=O)N2CCOCC2)cc1)c1ccccc1. The fourth-order valence-corrected chi connectivity index (χ4v) is 5.21. The lowest BCUT2D eigenvalue weighted by Crippen LogP contribution is -2.40. The number of likely N-dealkylation sites (N-methyl/N-ethyl adjacent to an activating group) is 1. The number of nitrogens with one attached hydrogen (secondary N) is 1. The number of hydrogen-bond donors (Lipinski definition) is 1. The van der Waals surface area contributed by atoms with E-state index in [1.807, 2.05) is 18.2 Å². The summed E-state index contributed by atoms with van der Waals surface area (Å²) in [6.45, 7) is 7.92. The molecule has 1 unspecified atom stereocenters. The van der Waals surface area contributed by atoms with Crippen LogP contribution in [0.15, 0.2) is 59.5 Å². The number of carbonyl (C=O) groups is 1. The van der Waals surface area contributed by atoms with E-state index in [2.05, 4.69) is 36.2 Å². The summed E-state index contributed by atoms with van der Waals surface area (Å²) < 4.78 is 32.1. The molecule has 1 N–H and O–H groups in total. The molecule has 0 radical (unpaired) electrons. The zero-order chi connectivity index (χ0) is 22.3. The Balaban J connectivity index is 1.68. The molecule has 0 aliphatic carbocycles. The second-order valence-electron chi connectivity index (χ2n) is 7.40. The van der Waals surface area contributed by atoms with E-state index in [4.69, 9.17) is 4.74 Å². The van der Waals surface area contributed by atoms with Crippen molar-refractivity contribution in [2.24, 2.45) is 0 Å². The Hall–Kier alpha value is -2.26. The monoisotopic (exact) mass is 445 g/mol. The number of rotatable bonds is 9. The minimum atomic E-state index is -3.57. The number of sulfonamides is 1. The first-order chi connectivity index (χ1) is 15.0. The van der Waals surface area contributed by atoms with E-state index in [1.165, 1.54) is 16.4 Å². The minimum Gasteiger partial charge on any atom is -0.379 e. The van der Waals surface area contributed by atoms with Gasteiger partial charge in [0.1, 0.15) is 0 Å². The highest BCUT2D eigenvalue weighted by atomic mass is 32.2. The Bertz CT molecular complexity index is 939. The van der Waals surface area contributed by atoms with E-state index < -0.39 is 10.0 Å². The topological polar surface area (TPSA) is 79.0 Å². The molecule has 1 amide bonds. The third-order valence-electron chi connectivity index (χ3n) is 5.62. The number of hydrogen-bond acceptors (Lipinski definition) is 5. The number of benzene rings is 2. The van der Waals surface area contributed by atoms with E-state index in [0.717, 1.165) is 18.7 Å². The third kappa shape index (κ3) is 5.71. The molecule has 0 aromatic heterocycles. The van der Waals surface area contributed by atoms with Gasteiger partial charge in [-0.05, 0) is 42.9 Å². The lowest BCUT2D eigenvalue weighted by atomic mass is 10.0. The standard InChI is InChI=1S/C23H31N3O4S/c1-3-25(4-2)22(19-8-6-5-7-9-19)18-24-23(27)20-10-12-21(13-11-20)31(28,29)26-14-16-30-17-15-26/h5-13,22H,3-4,14-18H2,1-2H3,(H,24,27). The first-order valence-corrected chi connectivity index (χ1v) is 12.2. The van der Waals surface area contributed by atoms with E-state index in [0.29, 0.717) is 38.4 Å². The van der Waals surface area contributed by atoms with Crippen LogP contribution in [0.4, 0.5) is 0 Å². The van der Waals surface area contributed by atoms with E-state index in [9.17, 15) is 13.2 Å².